The second kappa shape index (κ2) is 6.05. The second-order valence-electron chi connectivity index (χ2n) is 4.81. The van der Waals surface area contributed by atoms with Crippen LogP contribution in [0.25, 0.3) is 0 Å². The van der Waals surface area contributed by atoms with Crippen molar-refractivity contribution in [2.75, 3.05) is 13.1 Å². The number of hydrogen-bond donors (Lipinski definition) is 0. The fourth-order valence-electron chi connectivity index (χ4n) is 2.67. The van der Waals surface area contributed by atoms with Gasteiger partial charge in [-0.3, -0.25) is 4.90 Å². The minimum atomic E-state index is 0.682. The van der Waals surface area contributed by atoms with Crippen molar-refractivity contribution in [1.29, 1.82) is 0 Å². The Kier molecular flexibility index (Phi) is 4.41. The lowest BCUT2D eigenvalue weighted by Gasteiger charge is -2.36. The molecule has 1 aliphatic rings. The molecule has 1 fully saturated rings. The highest BCUT2D eigenvalue weighted by Gasteiger charge is 2.22. The number of benzene rings is 1. The lowest BCUT2D eigenvalue weighted by atomic mass is 9.95. The van der Waals surface area contributed by atoms with E-state index >= 15 is 0 Å². The fourth-order valence-corrected chi connectivity index (χ4v) is 2.67. The smallest absolute Gasteiger partial charge is 0.0348 e. The van der Waals surface area contributed by atoms with E-state index in [0.717, 1.165) is 0 Å². The molecular formula is C15H23N. The highest BCUT2D eigenvalue weighted by Crippen LogP contribution is 2.30. The Morgan fingerprint density at radius 1 is 1.19 bits per heavy atom. The van der Waals surface area contributed by atoms with E-state index in [2.05, 4.69) is 42.2 Å². The van der Waals surface area contributed by atoms with Crippen molar-refractivity contribution in [1.82, 2.24) is 4.90 Å². The van der Waals surface area contributed by atoms with Crippen LogP contribution >= 0.6 is 0 Å². The summed E-state index contributed by atoms with van der Waals surface area (Å²) in [5, 5.41) is 0. The van der Waals surface area contributed by atoms with Gasteiger partial charge < -0.3 is 0 Å². The van der Waals surface area contributed by atoms with Crippen molar-refractivity contribution in [2.45, 2.75) is 45.1 Å². The van der Waals surface area contributed by atoms with Gasteiger partial charge in [0.2, 0.25) is 0 Å². The standard InChI is InChI=1S/C15H23N/c1-2-3-12-16-13-8-7-11-15(16)14-9-5-4-6-10-14/h4-6,9-10,15H,2-3,7-8,11-13H2,1H3. The molecule has 1 aliphatic heterocycles. The SMILES string of the molecule is CCCCN1CCCCC1c1ccccc1. The molecule has 0 aliphatic carbocycles. The van der Waals surface area contributed by atoms with Gasteiger partial charge in [0.25, 0.3) is 0 Å². The van der Waals surface area contributed by atoms with Gasteiger partial charge in [-0.05, 0) is 37.9 Å². The Labute approximate surface area is 99.5 Å². The number of unbranched alkanes of at least 4 members (excludes halogenated alkanes) is 1. The van der Waals surface area contributed by atoms with Crippen LogP contribution in [-0.2, 0) is 0 Å². The van der Waals surface area contributed by atoms with Crippen LogP contribution in [0.15, 0.2) is 30.3 Å². The van der Waals surface area contributed by atoms with E-state index in [4.69, 9.17) is 0 Å². The molecular weight excluding hydrogens is 194 g/mol. The summed E-state index contributed by atoms with van der Waals surface area (Å²) in [5.74, 6) is 0. The molecule has 0 radical (unpaired) electrons. The second-order valence-corrected chi connectivity index (χ2v) is 4.81. The fraction of sp³-hybridized carbons (Fsp3) is 0.600. The highest BCUT2D eigenvalue weighted by molar-refractivity contribution is 5.19. The molecule has 1 unspecified atom stereocenters. The topological polar surface area (TPSA) is 3.24 Å². The average molecular weight is 217 g/mol. The minimum Gasteiger partial charge on any atom is -0.296 e. The van der Waals surface area contributed by atoms with Crippen molar-refractivity contribution in [2.24, 2.45) is 0 Å². The summed E-state index contributed by atoms with van der Waals surface area (Å²) in [6.45, 7) is 4.84. The first-order valence-corrected chi connectivity index (χ1v) is 6.71. The first-order chi connectivity index (χ1) is 7.92. The first kappa shape index (κ1) is 11.7. The van der Waals surface area contributed by atoms with Crippen LogP contribution in [0.3, 0.4) is 0 Å². The molecule has 1 aromatic rings. The zero-order chi connectivity index (χ0) is 11.2. The van der Waals surface area contributed by atoms with Gasteiger partial charge in [0.05, 0.1) is 0 Å². The summed E-state index contributed by atoms with van der Waals surface area (Å²) in [7, 11) is 0. The maximum Gasteiger partial charge on any atom is 0.0348 e. The van der Waals surface area contributed by atoms with E-state index in [-0.39, 0.29) is 0 Å². The molecule has 0 bridgehead atoms. The lowest BCUT2D eigenvalue weighted by Crippen LogP contribution is -2.34. The molecule has 0 saturated carbocycles. The summed E-state index contributed by atoms with van der Waals surface area (Å²) < 4.78 is 0. The molecule has 1 saturated heterocycles. The Hall–Kier alpha value is -0.820. The first-order valence-electron chi connectivity index (χ1n) is 6.71. The van der Waals surface area contributed by atoms with Gasteiger partial charge in [0.1, 0.15) is 0 Å². The molecule has 0 amide bonds. The third kappa shape index (κ3) is 2.85. The predicted molar refractivity (Wildman–Crippen MR) is 69.5 cm³/mol. The Balaban J connectivity index is 2.04. The van der Waals surface area contributed by atoms with Gasteiger partial charge in [-0.25, -0.2) is 0 Å². The molecule has 0 spiro atoms. The number of likely N-dealkylation sites (tertiary alicyclic amines) is 1. The molecule has 1 atom stereocenters. The summed E-state index contributed by atoms with van der Waals surface area (Å²) in [5.41, 5.74) is 1.51. The van der Waals surface area contributed by atoms with Gasteiger partial charge in [0.15, 0.2) is 0 Å². The van der Waals surface area contributed by atoms with Crippen LogP contribution in [0.2, 0.25) is 0 Å². The quantitative estimate of drug-likeness (QED) is 0.736. The summed E-state index contributed by atoms with van der Waals surface area (Å²) in [6.07, 6.45) is 6.75. The van der Waals surface area contributed by atoms with Crippen molar-refractivity contribution >= 4 is 0 Å². The Morgan fingerprint density at radius 2 is 2.00 bits per heavy atom. The van der Waals surface area contributed by atoms with Crippen LogP contribution in [-0.4, -0.2) is 18.0 Å². The van der Waals surface area contributed by atoms with Gasteiger partial charge in [-0.2, -0.15) is 0 Å². The third-order valence-electron chi connectivity index (χ3n) is 3.60. The monoisotopic (exact) mass is 217 g/mol. The Bertz CT molecular complexity index is 294. The van der Waals surface area contributed by atoms with Gasteiger partial charge >= 0.3 is 0 Å². The van der Waals surface area contributed by atoms with Crippen LogP contribution in [0.1, 0.15) is 50.6 Å². The molecule has 0 N–H and O–H groups in total. The van der Waals surface area contributed by atoms with Crippen LogP contribution in [0.4, 0.5) is 0 Å². The van der Waals surface area contributed by atoms with Crippen LogP contribution in [0, 0.1) is 0 Å². The van der Waals surface area contributed by atoms with E-state index in [1.165, 1.54) is 50.8 Å². The molecule has 1 nitrogen and oxygen atoms in total. The summed E-state index contributed by atoms with van der Waals surface area (Å²) in [6, 6.07) is 11.7. The zero-order valence-corrected chi connectivity index (χ0v) is 10.4. The molecule has 16 heavy (non-hydrogen) atoms. The zero-order valence-electron chi connectivity index (χ0n) is 10.4. The van der Waals surface area contributed by atoms with E-state index in [0.29, 0.717) is 6.04 Å². The van der Waals surface area contributed by atoms with E-state index < -0.39 is 0 Å². The normalized spacial score (nSPS) is 22.2. The predicted octanol–water partition coefficient (Wildman–Crippen LogP) is 4.01. The van der Waals surface area contributed by atoms with Gasteiger partial charge in [-0.1, -0.05) is 50.1 Å². The minimum absolute atomic E-state index is 0.682. The highest BCUT2D eigenvalue weighted by atomic mass is 15.2. The number of nitrogens with zero attached hydrogens (tertiary/aromatic N) is 1. The van der Waals surface area contributed by atoms with E-state index in [9.17, 15) is 0 Å². The molecule has 1 heterocycles. The molecule has 1 aromatic carbocycles. The molecule has 88 valence electrons. The van der Waals surface area contributed by atoms with Crippen molar-refractivity contribution in [3.8, 4) is 0 Å². The summed E-state index contributed by atoms with van der Waals surface area (Å²) >= 11 is 0. The van der Waals surface area contributed by atoms with Crippen LogP contribution in [0.5, 0.6) is 0 Å². The largest absolute Gasteiger partial charge is 0.296 e. The number of hydrogen-bond acceptors (Lipinski definition) is 1. The maximum atomic E-state index is 2.68. The van der Waals surface area contributed by atoms with E-state index in [1.54, 1.807) is 0 Å². The van der Waals surface area contributed by atoms with Crippen molar-refractivity contribution in [3.63, 3.8) is 0 Å². The number of piperidine rings is 1. The van der Waals surface area contributed by atoms with Gasteiger partial charge in [0, 0.05) is 6.04 Å². The van der Waals surface area contributed by atoms with E-state index in [1.807, 2.05) is 0 Å². The third-order valence-corrected chi connectivity index (χ3v) is 3.60. The number of rotatable bonds is 4. The van der Waals surface area contributed by atoms with Gasteiger partial charge in [-0.15, -0.1) is 0 Å². The van der Waals surface area contributed by atoms with Crippen molar-refractivity contribution < 1.29 is 0 Å². The van der Waals surface area contributed by atoms with Crippen LogP contribution < -0.4 is 0 Å². The summed E-state index contributed by atoms with van der Waals surface area (Å²) in [4.78, 5) is 2.68. The maximum absolute atomic E-state index is 2.68. The molecule has 2 rings (SSSR count). The van der Waals surface area contributed by atoms with Crippen molar-refractivity contribution in [3.05, 3.63) is 35.9 Å². The Morgan fingerprint density at radius 3 is 2.75 bits per heavy atom. The molecule has 1 heteroatoms. The average Bonchev–Trinajstić information content (AvgIpc) is 2.38. The molecule has 0 aromatic heterocycles. The lowest BCUT2D eigenvalue weighted by molar-refractivity contribution is 0.146.